The van der Waals surface area contributed by atoms with Crippen LogP contribution in [0.3, 0.4) is 0 Å². The summed E-state index contributed by atoms with van der Waals surface area (Å²) in [6.07, 6.45) is -3.39. The molecule has 1 fully saturated rings. The number of piperidine rings is 1. The predicted molar refractivity (Wildman–Crippen MR) is 97.5 cm³/mol. The molecule has 0 radical (unpaired) electrons. The summed E-state index contributed by atoms with van der Waals surface area (Å²) < 4.78 is 41.3. The number of fused-ring (bicyclic) bond motifs is 1. The van der Waals surface area contributed by atoms with Crippen LogP contribution in [0.25, 0.3) is 5.65 Å². The molecule has 1 aliphatic rings. The van der Waals surface area contributed by atoms with Crippen LogP contribution >= 0.6 is 11.3 Å². The molecule has 0 N–H and O–H groups in total. The van der Waals surface area contributed by atoms with Crippen LogP contribution in [0.1, 0.15) is 51.2 Å². The molecule has 0 saturated carbocycles. The van der Waals surface area contributed by atoms with Crippen molar-refractivity contribution in [3.8, 4) is 0 Å². The zero-order valence-electron chi connectivity index (χ0n) is 15.3. The lowest BCUT2D eigenvalue weighted by Crippen LogP contribution is -2.38. The van der Waals surface area contributed by atoms with Crippen molar-refractivity contribution in [2.45, 2.75) is 38.8 Å². The summed E-state index contributed by atoms with van der Waals surface area (Å²) in [5, 5.41) is 3.91. The molecule has 10 heteroatoms. The number of thiazole rings is 1. The lowest BCUT2D eigenvalue weighted by atomic mass is 9.92. The third kappa shape index (κ3) is 3.36. The van der Waals surface area contributed by atoms with Crippen molar-refractivity contribution >= 4 is 22.9 Å². The highest BCUT2D eigenvalue weighted by atomic mass is 32.1. The average Bonchev–Trinajstić information content (AvgIpc) is 3.23. The minimum Gasteiger partial charge on any atom is -0.338 e. The lowest BCUT2D eigenvalue weighted by molar-refractivity contribution is -0.142. The number of aryl methyl sites for hydroxylation is 2. The van der Waals surface area contributed by atoms with Crippen molar-refractivity contribution in [1.29, 1.82) is 0 Å². The Labute approximate surface area is 163 Å². The van der Waals surface area contributed by atoms with Crippen molar-refractivity contribution in [1.82, 2.24) is 24.5 Å². The predicted octanol–water partition coefficient (Wildman–Crippen LogP) is 3.84. The minimum absolute atomic E-state index is 0.0655. The van der Waals surface area contributed by atoms with E-state index in [4.69, 9.17) is 0 Å². The number of aromatic nitrogens is 4. The highest BCUT2D eigenvalue weighted by Crippen LogP contribution is 2.34. The first-order valence-electron chi connectivity index (χ1n) is 8.88. The Morgan fingerprint density at radius 3 is 2.54 bits per heavy atom. The largest absolute Gasteiger partial charge is 0.433 e. The maximum atomic E-state index is 13.5. The molecule has 0 spiro atoms. The number of carbonyl (C=O) groups is 1. The number of alkyl halides is 3. The summed E-state index contributed by atoms with van der Waals surface area (Å²) in [7, 11) is 0. The van der Waals surface area contributed by atoms with Gasteiger partial charge in [0.1, 0.15) is 10.6 Å². The summed E-state index contributed by atoms with van der Waals surface area (Å²) >= 11 is 1.31. The van der Waals surface area contributed by atoms with Crippen molar-refractivity contribution in [3.63, 3.8) is 0 Å². The van der Waals surface area contributed by atoms with E-state index in [-0.39, 0.29) is 17.5 Å². The molecule has 0 bridgehead atoms. The smallest absolute Gasteiger partial charge is 0.338 e. The average molecular weight is 409 g/mol. The van der Waals surface area contributed by atoms with E-state index < -0.39 is 11.9 Å². The molecule has 4 rings (SSSR count). The van der Waals surface area contributed by atoms with E-state index in [1.807, 2.05) is 0 Å². The van der Waals surface area contributed by atoms with E-state index in [0.717, 1.165) is 10.6 Å². The van der Waals surface area contributed by atoms with Crippen molar-refractivity contribution < 1.29 is 18.0 Å². The van der Waals surface area contributed by atoms with Gasteiger partial charge < -0.3 is 4.90 Å². The summed E-state index contributed by atoms with van der Waals surface area (Å²) in [6.45, 7) is 4.39. The first kappa shape index (κ1) is 18.9. The molecule has 0 atom stereocenters. The molecule has 148 valence electrons. The molecule has 28 heavy (non-hydrogen) atoms. The fourth-order valence-electron chi connectivity index (χ4n) is 3.55. The van der Waals surface area contributed by atoms with Gasteiger partial charge in [-0.25, -0.2) is 14.5 Å². The van der Waals surface area contributed by atoms with E-state index in [1.165, 1.54) is 11.3 Å². The zero-order chi connectivity index (χ0) is 20.1. The van der Waals surface area contributed by atoms with Crippen molar-refractivity contribution in [2.75, 3.05) is 13.1 Å². The van der Waals surface area contributed by atoms with Gasteiger partial charge in [-0.1, -0.05) is 0 Å². The van der Waals surface area contributed by atoms with Crippen LogP contribution in [0.5, 0.6) is 0 Å². The van der Waals surface area contributed by atoms with Gasteiger partial charge >= 0.3 is 6.18 Å². The maximum absolute atomic E-state index is 13.5. The molecule has 4 heterocycles. The quantitative estimate of drug-likeness (QED) is 0.645. The lowest BCUT2D eigenvalue weighted by Gasteiger charge is -2.31. The molecule has 1 amide bonds. The molecule has 1 aliphatic heterocycles. The van der Waals surface area contributed by atoms with Crippen molar-refractivity contribution in [3.05, 3.63) is 45.3 Å². The van der Waals surface area contributed by atoms with E-state index in [2.05, 4.69) is 15.1 Å². The van der Waals surface area contributed by atoms with Gasteiger partial charge in [0.05, 0.1) is 16.9 Å². The van der Waals surface area contributed by atoms with Gasteiger partial charge in [-0.05, 0) is 32.8 Å². The Balaban J connectivity index is 1.57. The van der Waals surface area contributed by atoms with E-state index in [1.54, 1.807) is 30.3 Å². The molecular weight excluding hydrogens is 391 g/mol. The Morgan fingerprint density at radius 1 is 1.21 bits per heavy atom. The van der Waals surface area contributed by atoms with Crippen LogP contribution in [-0.2, 0) is 6.18 Å². The minimum atomic E-state index is -4.52. The maximum Gasteiger partial charge on any atom is 0.433 e. The second kappa shape index (κ2) is 6.84. The van der Waals surface area contributed by atoms with Gasteiger partial charge in [-0.3, -0.25) is 4.79 Å². The molecule has 1 saturated heterocycles. The standard InChI is InChI=1S/C18H18F3N5OS/c1-10-7-15-23-13(8-14(18(19,20)21)26(15)24-10)12-3-5-25(6-4-12)17(27)16-11(2)22-9-28-16/h7-9,12H,3-6H2,1-2H3. The Kier molecular flexibility index (Phi) is 4.60. The van der Waals surface area contributed by atoms with Crippen LogP contribution < -0.4 is 0 Å². The highest BCUT2D eigenvalue weighted by Gasteiger charge is 2.36. The first-order valence-corrected chi connectivity index (χ1v) is 9.76. The number of amides is 1. The number of nitrogens with zero attached hydrogens (tertiary/aromatic N) is 5. The zero-order valence-corrected chi connectivity index (χ0v) is 16.1. The van der Waals surface area contributed by atoms with Gasteiger partial charge in [-0.2, -0.15) is 18.3 Å². The summed E-state index contributed by atoms with van der Waals surface area (Å²) in [5.41, 5.74) is 2.60. The molecule has 0 aliphatic carbocycles. The van der Waals surface area contributed by atoms with Gasteiger partial charge in [0.25, 0.3) is 5.91 Å². The summed E-state index contributed by atoms with van der Waals surface area (Å²) in [6, 6.07) is 2.64. The monoisotopic (exact) mass is 409 g/mol. The number of hydrogen-bond acceptors (Lipinski definition) is 5. The van der Waals surface area contributed by atoms with Crippen LogP contribution in [0.15, 0.2) is 17.6 Å². The first-order chi connectivity index (χ1) is 13.2. The van der Waals surface area contributed by atoms with Gasteiger partial charge in [0.15, 0.2) is 5.65 Å². The fourth-order valence-corrected chi connectivity index (χ4v) is 4.32. The van der Waals surface area contributed by atoms with E-state index >= 15 is 0 Å². The van der Waals surface area contributed by atoms with E-state index in [0.29, 0.717) is 47.9 Å². The Bertz CT molecular complexity index is 1030. The normalized spacial score (nSPS) is 16.1. The molecule has 6 nitrogen and oxygen atoms in total. The number of hydrogen-bond donors (Lipinski definition) is 0. The van der Waals surface area contributed by atoms with Crippen molar-refractivity contribution in [2.24, 2.45) is 0 Å². The Hall–Kier alpha value is -2.49. The third-order valence-corrected chi connectivity index (χ3v) is 5.92. The second-order valence-electron chi connectivity index (χ2n) is 6.95. The highest BCUT2D eigenvalue weighted by molar-refractivity contribution is 7.11. The summed E-state index contributed by atoms with van der Waals surface area (Å²) in [4.78, 5) is 23.5. The number of likely N-dealkylation sites (tertiary alicyclic amines) is 1. The van der Waals surface area contributed by atoms with Crippen LogP contribution in [0.4, 0.5) is 13.2 Å². The van der Waals surface area contributed by atoms with Gasteiger partial charge in [0, 0.05) is 30.8 Å². The van der Waals surface area contributed by atoms with Crippen LogP contribution in [-0.4, -0.2) is 43.5 Å². The second-order valence-corrected chi connectivity index (χ2v) is 7.81. The van der Waals surface area contributed by atoms with Gasteiger partial charge in [0.2, 0.25) is 0 Å². The summed E-state index contributed by atoms with van der Waals surface area (Å²) in [5.74, 6) is -0.197. The molecule has 0 unspecified atom stereocenters. The number of rotatable bonds is 2. The Morgan fingerprint density at radius 2 is 1.93 bits per heavy atom. The molecule has 3 aromatic rings. The number of carbonyl (C=O) groups excluding carboxylic acids is 1. The van der Waals surface area contributed by atoms with E-state index in [9.17, 15) is 18.0 Å². The topological polar surface area (TPSA) is 63.4 Å². The third-order valence-electron chi connectivity index (χ3n) is 5.00. The molecule has 3 aromatic heterocycles. The number of halogens is 3. The van der Waals surface area contributed by atoms with Gasteiger partial charge in [-0.15, -0.1) is 11.3 Å². The van der Waals surface area contributed by atoms with Crippen LogP contribution in [0, 0.1) is 13.8 Å². The SMILES string of the molecule is Cc1cc2nc(C3CCN(C(=O)c4scnc4C)CC3)cc(C(F)(F)F)n2n1. The molecule has 0 aromatic carbocycles. The molecular formula is C18H18F3N5OS. The van der Waals surface area contributed by atoms with Crippen LogP contribution in [0.2, 0.25) is 0 Å². The fraction of sp³-hybridized carbons (Fsp3) is 0.444.